The molecule has 6 rings (SSSR count). The molecule has 0 aliphatic carbocycles. The molecular weight excluding hydrogens is 905 g/mol. The summed E-state index contributed by atoms with van der Waals surface area (Å²) in [5.41, 5.74) is 9.61. The monoisotopic (exact) mass is 958 g/mol. The van der Waals surface area contributed by atoms with E-state index in [1.54, 1.807) is 60.7 Å². The van der Waals surface area contributed by atoms with Crippen LogP contribution in [0.3, 0.4) is 0 Å². The summed E-state index contributed by atoms with van der Waals surface area (Å²) >= 11 is 0. The number of ether oxygens (including phenoxy) is 6. The zero-order valence-corrected chi connectivity index (χ0v) is 40.3. The molecule has 0 saturated carbocycles. The van der Waals surface area contributed by atoms with Gasteiger partial charge in [-0.25, -0.2) is 19.2 Å². The lowest BCUT2D eigenvalue weighted by Gasteiger charge is -2.10. The van der Waals surface area contributed by atoms with E-state index >= 15 is 0 Å². The molecule has 0 radical (unpaired) electrons. The number of rotatable bonds is 21. The molecule has 362 valence electrons. The Morgan fingerprint density at radius 2 is 0.750 bits per heavy atom. The van der Waals surface area contributed by atoms with E-state index in [9.17, 15) is 19.2 Å². The van der Waals surface area contributed by atoms with Gasteiger partial charge in [0.25, 0.3) is 0 Å². The summed E-state index contributed by atoms with van der Waals surface area (Å²) in [6.07, 6.45) is 11.2. The van der Waals surface area contributed by atoms with Gasteiger partial charge in [0.1, 0.15) is 23.0 Å². The van der Waals surface area contributed by atoms with Crippen molar-refractivity contribution in [1.29, 1.82) is 0 Å². The van der Waals surface area contributed by atoms with Crippen LogP contribution in [-0.2, 0) is 28.7 Å². The van der Waals surface area contributed by atoms with E-state index in [4.69, 9.17) is 28.4 Å². The van der Waals surface area contributed by atoms with Gasteiger partial charge in [-0.05, 0) is 182 Å². The molecule has 0 aliphatic rings. The van der Waals surface area contributed by atoms with E-state index < -0.39 is 23.9 Å². The second-order valence-corrected chi connectivity index (χ2v) is 16.1. The third-order valence-electron chi connectivity index (χ3n) is 10.6. The Labute approximate surface area is 421 Å². The highest BCUT2D eigenvalue weighted by Crippen LogP contribution is 2.28. The number of carbonyl (C=O) groups excluding carboxylic acids is 4. The smallest absolute Gasteiger partial charge is 0.336 e. The molecule has 0 aromatic heterocycles. The number of benzene rings is 6. The van der Waals surface area contributed by atoms with Gasteiger partial charge in [-0.3, -0.25) is 0 Å². The van der Waals surface area contributed by atoms with Gasteiger partial charge in [0, 0.05) is 46.6 Å². The first-order valence-corrected chi connectivity index (χ1v) is 23.3. The Bertz CT molecular complexity index is 2820. The molecule has 0 atom stereocenters. The number of hydrogen-bond donors (Lipinski definition) is 0. The van der Waals surface area contributed by atoms with E-state index in [0.29, 0.717) is 62.3 Å². The predicted octanol–water partition coefficient (Wildman–Crippen LogP) is 11.8. The van der Waals surface area contributed by atoms with Crippen molar-refractivity contribution < 1.29 is 47.6 Å². The maximum atomic E-state index is 12.5. The summed E-state index contributed by atoms with van der Waals surface area (Å²) < 4.78 is 32.1. The van der Waals surface area contributed by atoms with Crippen LogP contribution in [0.25, 0.3) is 23.3 Å². The first kappa shape index (κ1) is 52.3. The zero-order valence-electron chi connectivity index (χ0n) is 40.3. The van der Waals surface area contributed by atoms with Gasteiger partial charge in [0.05, 0.1) is 26.4 Å². The van der Waals surface area contributed by atoms with Gasteiger partial charge in [-0.1, -0.05) is 73.2 Å². The molecule has 72 heavy (non-hydrogen) atoms. The van der Waals surface area contributed by atoms with E-state index in [1.807, 2.05) is 60.7 Å². The standard InChI is InChI=1S/C62H54O10/c1-5-59(63)69-41-9-7-39-67-53-27-31-55(32-28-53)71-61(65)37-25-49-15-11-47(12-16-49)19-21-51-23-35-57(45(3)43-51)58-36-24-52(44-46(58)4)22-20-48-13-17-50(18-14-48)26-38-62(66)72-56-33-29-54(30-34-56)68-40-8-10-42-70-60(64)6-2/h5-6,11-18,23-38,43-44H,1-2,7-10,39-42H2,3-4H3/b37-25+,38-26+. The van der Waals surface area contributed by atoms with E-state index in [-0.39, 0.29) is 0 Å². The minimum absolute atomic E-state index is 0.315. The van der Waals surface area contributed by atoms with Crippen LogP contribution >= 0.6 is 0 Å². The van der Waals surface area contributed by atoms with Crippen LogP contribution in [0.1, 0.15) is 70.2 Å². The number of unbranched alkanes of at least 4 members (excludes halogenated alkanes) is 2. The third-order valence-corrected chi connectivity index (χ3v) is 10.6. The van der Waals surface area contributed by atoms with Crippen molar-refractivity contribution in [2.24, 2.45) is 0 Å². The van der Waals surface area contributed by atoms with Crippen LogP contribution < -0.4 is 18.9 Å². The van der Waals surface area contributed by atoms with Crippen molar-refractivity contribution in [3.05, 3.63) is 215 Å². The quantitative estimate of drug-likeness (QED) is 0.0226. The molecule has 0 amide bonds. The highest BCUT2D eigenvalue weighted by Gasteiger charge is 2.08. The number of carbonyl (C=O) groups is 4. The normalized spacial score (nSPS) is 10.5. The molecular formula is C62H54O10. The maximum absolute atomic E-state index is 12.5. The van der Waals surface area contributed by atoms with Crippen molar-refractivity contribution in [3.63, 3.8) is 0 Å². The molecule has 10 nitrogen and oxygen atoms in total. The van der Waals surface area contributed by atoms with Crippen LogP contribution in [0.2, 0.25) is 0 Å². The third kappa shape index (κ3) is 17.8. The molecule has 0 fully saturated rings. The van der Waals surface area contributed by atoms with Crippen molar-refractivity contribution in [2.75, 3.05) is 26.4 Å². The Morgan fingerprint density at radius 1 is 0.417 bits per heavy atom. The molecule has 6 aromatic carbocycles. The van der Waals surface area contributed by atoms with Crippen molar-refractivity contribution >= 4 is 36.0 Å². The van der Waals surface area contributed by atoms with Crippen molar-refractivity contribution in [2.45, 2.75) is 39.5 Å². The van der Waals surface area contributed by atoms with Crippen LogP contribution in [0.5, 0.6) is 23.0 Å². The molecule has 0 unspecified atom stereocenters. The van der Waals surface area contributed by atoms with Crippen LogP contribution in [0, 0.1) is 37.5 Å². The van der Waals surface area contributed by atoms with Gasteiger partial charge in [-0.15, -0.1) is 0 Å². The summed E-state index contributed by atoms with van der Waals surface area (Å²) in [6, 6.07) is 41.2. The minimum atomic E-state index is -0.502. The molecule has 0 aliphatic heterocycles. The summed E-state index contributed by atoms with van der Waals surface area (Å²) in [5, 5.41) is 0. The van der Waals surface area contributed by atoms with Crippen molar-refractivity contribution in [3.8, 4) is 57.8 Å². The molecule has 0 N–H and O–H groups in total. The van der Waals surface area contributed by atoms with Gasteiger partial charge < -0.3 is 28.4 Å². The highest BCUT2D eigenvalue weighted by molar-refractivity contribution is 5.89. The summed E-state index contributed by atoms with van der Waals surface area (Å²) in [7, 11) is 0. The van der Waals surface area contributed by atoms with Crippen LogP contribution in [-0.4, -0.2) is 50.3 Å². The molecule has 0 heterocycles. The number of esters is 4. The Hall–Kier alpha value is -9.12. The fourth-order valence-corrected chi connectivity index (χ4v) is 6.82. The van der Waals surface area contributed by atoms with E-state index in [1.165, 1.54) is 12.2 Å². The second-order valence-electron chi connectivity index (χ2n) is 16.1. The summed E-state index contributed by atoms with van der Waals surface area (Å²) in [4.78, 5) is 47.1. The van der Waals surface area contributed by atoms with Crippen LogP contribution in [0.4, 0.5) is 0 Å². The Kier molecular flexibility index (Phi) is 20.2. The highest BCUT2D eigenvalue weighted by atomic mass is 16.5. The first-order valence-electron chi connectivity index (χ1n) is 23.3. The second kappa shape index (κ2) is 27.8. The summed E-state index contributed by atoms with van der Waals surface area (Å²) in [5.74, 6) is 13.2. The lowest BCUT2D eigenvalue weighted by atomic mass is 9.94. The van der Waals surface area contributed by atoms with E-state index in [0.717, 1.165) is 80.6 Å². The lowest BCUT2D eigenvalue weighted by Crippen LogP contribution is -2.05. The van der Waals surface area contributed by atoms with Crippen LogP contribution in [0.15, 0.2) is 171 Å². The Morgan fingerprint density at radius 3 is 1.11 bits per heavy atom. The number of hydrogen-bond acceptors (Lipinski definition) is 10. The van der Waals surface area contributed by atoms with E-state index in [2.05, 4.69) is 75.0 Å². The van der Waals surface area contributed by atoms with Gasteiger partial charge in [-0.2, -0.15) is 0 Å². The first-order chi connectivity index (χ1) is 35.0. The molecule has 6 aromatic rings. The van der Waals surface area contributed by atoms with Gasteiger partial charge in [0.15, 0.2) is 0 Å². The maximum Gasteiger partial charge on any atom is 0.336 e. The molecule has 0 saturated heterocycles. The van der Waals surface area contributed by atoms with Gasteiger partial charge in [0.2, 0.25) is 0 Å². The molecule has 0 spiro atoms. The number of aryl methyl sites for hydroxylation is 2. The zero-order chi connectivity index (χ0) is 50.9. The lowest BCUT2D eigenvalue weighted by molar-refractivity contribution is -0.138. The average molecular weight is 959 g/mol. The summed E-state index contributed by atoms with van der Waals surface area (Å²) in [6.45, 7) is 12.5. The van der Waals surface area contributed by atoms with Gasteiger partial charge >= 0.3 is 23.9 Å². The molecule has 0 bridgehead atoms. The SMILES string of the molecule is C=CC(=O)OCCCCOc1ccc(OC(=O)/C=C/c2ccc(C#Cc3ccc(-c4ccc(C#Cc5ccc(/C=C/C(=O)Oc6ccc(OCCCCOC(=O)C=C)cc6)cc5)cc4C)c(C)c3)cc2)cc1. The Balaban J connectivity index is 0.926. The minimum Gasteiger partial charge on any atom is -0.494 e. The fourth-order valence-electron chi connectivity index (χ4n) is 6.82. The predicted molar refractivity (Wildman–Crippen MR) is 280 cm³/mol. The largest absolute Gasteiger partial charge is 0.494 e. The molecule has 10 heteroatoms. The average Bonchev–Trinajstić information content (AvgIpc) is 3.39. The topological polar surface area (TPSA) is 124 Å². The van der Waals surface area contributed by atoms with Crippen molar-refractivity contribution in [1.82, 2.24) is 0 Å². The fraction of sp³-hybridized carbons (Fsp3) is 0.161.